The van der Waals surface area contributed by atoms with Crippen LogP contribution in [0.2, 0.25) is 0 Å². The van der Waals surface area contributed by atoms with E-state index in [1.165, 1.54) is 0 Å². The van der Waals surface area contributed by atoms with Crippen LogP contribution in [0.25, 0.3) is 16.7 Å². The molecule has 0 amide bonds. The minimum Gasteiger partial charge on any atom is -0.441 e. The Morgan fingerprint density at radius 3 is 2.86 bits per heavy atom. The molecule has 14 heavy (non-hydrogen) atoms. The lowest BCUT2D eigenvalue weighted by Gasteiger charge is -2.00. The van der Waals surface area contributed by atoms with E-state index in [9.17, 15) is 4.39 Å². The average Bonchev–Trinajstić information content (AvgIpc) is 2.46. The van der Waals surface area contributed by atoms with E-state index in [-0.39, 0.29) is 11.3 Å². The van der Waals surface area contributed by atoms with Crippen LogP contribution in [-0.4, -0.2) is 4.98 Å². The third-order valence-electron chi connectivity index (χ3n) is 2.07. The maximum atomic E-state index is 13.7. The zero-order chi connectivity index (χ0) is 10.3. The van der Waals surface area contributed by atoms with Gasteiger partial charge in [-0.1, -0.05) is 6.58 Å². The van der Waals surface area contributed by atoms with Crippen LogP contribution >= 0.6 is 0 Å². The molecule has 72 valence electrons. The van der Waals surface area contributed by atoms with Crippen molar-refractivity contribution in [2.45, 2.75) is 13.8 Å². The van der Waals surface area contributed by atoms with E-state index in [1.54, 1.807) is 26.0 Å². The topological polar surface area (TPSA) is 26.0 Å². The Balaban J connectivity index is 2.80. The molecule has 0 aliphatic heterocycles. The summed E-state index contributed by atoms with van der Waals surface area (Å²) in [6.07, 6.45) is 0. The SMILES string of the molecule is C=C(C)c1ccc2oc(C)nc2c1F. The predicted octanol–water partition coefficient (Wildman–Crippen LogP) is 3.31. The molecule has 0 bridgehead atoms. The van der Waals surface area contributed by atoms with Crippen molar-refractivity contribution in [3.05, 3.63) is 36.0 Å². The highest BCUT2D eigenvalue weighted by Gasteiger charge is 2.12. The minimum atomic E-state index is -0.355. The second-order valence-electron chi connectivity index (χ2n) is 3.29. The van der Waals surface area contributed by atoms with Crippen molar-refractivity contribution in [3.63, 3.8) is 0 Å². The largest absolute Gasteiger partial charge is 0.441 e. The number of allylic oxidation sites excluding steroid dienone is 1. The van der Waals surface area contributed by atoms with Gasteiger partial charge in [0.2, 0.25) is 0 Å². The van der Waals surface area contributed by atoms with Crippen molar-refractivity contribution >= 4 is 16.7 Å². The summed E-state index contributed by atoms with van der Waals surface area (Å²) in [5, 5.41) is 0. The maximum Gasteiger partial charge on any atom is 0.192 e. The normalized spacial score (nSPS) is 10.8. The lowest BCUT2D eigenvalue weighted by Crippen LogP contribution is -1.87. The summed E-state index contributed by atoms with van der Waals surface area (Å²) in [4.78, 5) is 3.97. The van der Waals surface area contributed by atoms with Gasteiger partial charge < -0.3 is 4.42 Å². The van der Waals surface area contributed by atoms with Crippen LogP contribution in [0.5, 0.6) is 0 Å². The van der Waals surface area contributed by atoms with E-state index in [4.69, 9.17) is 4.42 Å². The van der Waals surface area contributed by atoms with Gasteiger partial charge in [-0.2, -0.15) is 0 Å². The van der Waals surface area contributed by atoms with Crippen LogP contribution in [0.3, 0.4) is 0 Å². The van der Waals surface area contributed by atoms with Crippen LogP contribution in [0, 0.1) is 12.7 Å². The number of aryl methyl sites for hydroxylation is 1. The molecule has 2 nitrogen and oxygen atoms in total. The second kappa shape index (κ2) is 2.94. The van der Waals surface area contributed by atoms with Crippen molar-refractivity contribution in [1.29, 1.82) is 0 Å². The Hall–Kier alpha value is -1.64. The Labute approximate surface area is 81.1 Å². The van der Waals surface area contributed by atoms with Crippen molar-refractivity contribution in [1.82, 2.24) is 4.98 Å². The molecule has 0 N–H and O–H groups in total. The Morgan fingerprint density at radius 2 is 2.21 bits per heavy atom. The fourth-order valence-corrected chi connectivity index (χ4v) is 1.40. The van der Waals surface area contributed by atoms with Crippen LogP contribution in [0.4, 0.5) is 4.39 Å². The minimum absolute atomic E-state index is 0.281. The van der Waals surface area contributed by atoms with Gasteiger partial charge in [0.25, 0.3) is 0 Å². The Bertz CT molecular complexity index is 513. The quantitative estimate of drug-likeness (QED) is 0.691. The number of hydrogen-bond donors (Lipinski definition) is 0. The standard InChI is InChI=1S/C11H10FNO/c1-6(2)8-4-5-9-11(10(8)12)13-7(3)14-9/h4-5H,1H2,2-3H3. The highest BCUT2D eigenvalue weighted by molar-refractivity contribution is 5.79. The molecule has 0 radical (unpaired) electrons. The van der Waals surface area contributed by atoms with E-state index in [0.29, 0.717) is 22.6 Å². The third-order valence-corrected chi connectivity index (χ3v) is 2.07. The van der Waals surface area contributed by atoms with Gasteiger partial charge >= 0.3 is 0 Å². The monoisotopic (exact) mass is 191 g/mol. The molecule has 0 saturated carbocycles. The highest BCUT2D eigenvalue weighted by Crippen LogP contribution is 2.24. The molecule has 1 aromatic carbocycles. The van der Waals surface area contributed by atoms with Crippen molar-refractivity contribution in [2.75, 3.05) is 0 Å². The first-order valence-corrected chi connectivity index (χ1v) is 4.31. The summed E-state index contributed by atoms with van der Waals surface area (Å²) < 4.78 is 19.0. The highest BCUT2D eigenvalue weighted by atomic mass is 19.1. The zero-order valence-electron chi connectivity index (χ0n) is 8.10. The molecule has 0 unspecified atom stereocenters. The Morgan fingerprint density at radius 1 is 1.50 bits per heavy atom. The zero-order valence-corrected chi connectivity index (χ0v) is 8.10. The van der Waals surface area contributed by atoms with E-state index >= 15 is 0 Å². The summed E-state index contributed by atoms with van der Waals surface area (Å²) >= 11 is 0. The lowest BCUT2D eigenvalue weighted by molar-refractivity contribution is 0.561. The van der Waals surface area contributed by atoms with Gasteiger partial charge in [0.05, 0.1) is 0 Å². The summed E-state index contributed by atoms with van der Waals surface area (Å²) in [7, 11) is 0. The molecule has 0 aliphatic rings. The van der Waals surface area contributed by atoms with Crippen molar-refractivity contribution < 1.29 is 8.81 Å². The van der Waals surface area contributed by atoms with Gasteiger partial charge in [0.1, 0.15) is 5.52 Å². The molecule has 0 saturated heterocycles. The molecular formula is C11H10FNO. The first-order valence-electron chi connectivity index (χ1n) is 4.31. The molecule has 0 spiro atoms. The molecule has 2 aromatic rings. The molecule has 2 rings (SSSR count). The summed E-state index contributed by atoms with van der Waals surface area (Å²) in [6, 6.07) is 3.37. The number of rotatable bonds is 1. The van der Waals surface area contributed by atoms with E-state index in [0.717, 1.165) is 0 Å². The van der Waals surface area contributed by atoms with Gasteiger partial charge in [-0.05, 0) is 24.6 Å². The number of halogens is 1. The maximum absolute atomic E-state index is 13.7. The molecule has 0 atom stereocenters. The number of hydrogen-bond acceptors (Lipinski definition) is 2. The Kier molecular flexibility index (Phi) is 1.88. The molecule has 1 aromatic heterocycles. The first kappa shape index (κ1) is 8.94. The molecule has 0 fully saturated rings. The fourth-order valence-electron chi connectivity index (χ4n) is 1.40. The summed E-state index contributed by atoms with van der Waals surface area (Å²) in [5.74, 6) is 0.115. The van der Waals surface area contributed by atoms with Crippen LogP contribution in [0.1, 0.15) is 18.4 Å². The van der Waals surface area contributed by atoms with Gasteiger partial charge in [-0.25, -0.2) is 9.37 Å². The van der Waals surface area contributed by atoms with Crippen LogP contribution < -0.4 is 0 Å². The lowest BCUT2D eigenvalue weighted by atomic mass is 10.1. The van der Waals surface area contributed by atoms with Gasteiger partial charge in [-0.15, -0.1) is 0 Å². The van der Waals surface area contributed by atoms with Gasteiger partial charge in [0.15, 0.2) is 17.3 Å². The smallest absolute Gasteiger partial charge is 0.192 e. The number of benzene rings is 1. The van der Waals surface area contributed by atoms with E-state index in [1.807, 2.05) is 0 Å². The predicted molar refractivity (Wildman–Crippen MR) is 53.4 cm³/mol. The van der Waals surface area contributed by atoms with Crippen LogP contribution in [-0.2, 0) is 0 Å². The molecular weight excluding hydrogens is 181 g/mol. The molecule has 3 heteroatoms. The van der Waals surface area contributed by atoms with Crippen LogP contribution in [0.15, 0.2) is 23.1 Å². The van der Waals surface area contributed by atoms with E-state index in [2.05, 4.69) is 11.6 Å². The van der Waals surface area contributed by atoms with Crippen molar-refractivity contribution in [2.24, 2.45) is 0 Å². The summed E-state index contributed by atoms with van der Waals surface area (Å²) in [5.41, 5.74) is 1.93. The van der Waals surface area contributed by atoms with Gasteiger partial charge in [-0.3, -0.25) is 0 Å². The molecule has 1 heterocycles. The number of fused-ring (bicyclic) bond motifs is 1. The fraction of sp³-hybridized carbons (Fsp3) is 0.182. The van der Waals surface area contributed by atoms with Gasteiger partial charge in [0, 0.05) is 12.5 Å². The summed E-state index contributed by atoms with van der Waals surface area (Å²) in [6.45, 7) is 7.16. The number of oxazole rings is 1. The second-order valence-corrected chi connectivity index (χ2v) is 3.29. The third kappa shape index (κ3) is 1.21. The first-order chi connectivity index (χ1) is 6.59. The van der Waals surface area contributed by atoms with E-state index < -0.39 is 0 Å². The number of nitrogens with zero attached hydrogens (tertiary/aromatic N) is 1. The molecule has 0 aliphatic carbocycles. The average molecular weight is 191 g/mol. The van der Waals surface area contributed by atoms with Crippen molar-refractivity contribution in [3.8, 4) is 0 Å². The number of aromatic nitrogens is 1.